The number of hydrogen-bond acceptors (Lipinski definition) is 4. The number of carboxylic acids is 1. The molecule has 0 saturated carbocycles. The van der Waals surface area contributed by atoms with Crippen LogP contribution in [0.4, 0.5) is 0 Å². The van der Waals surface area contributed by atoms with Crippen molar-refractivity contribution in [1.82, 2.24) is 0 Å². The topological polar surface area (TPSA) is 88.0 Å². The minimum atomic E-state index is -0.964. The van der Waals surface area contributed by atoms with Gasteiger partial charge < -0.3 is 10.8 Å². The van der Waals surface area contributed by atoms with Crippen molar-refractivity contribution in [2.45, 2.75) is 31.5 Å². The summed E-state index contributed by atoms with van der Waals surface area (Å²) in [5, 5.41) is 15.9. The van der Waals surface area contributed by atoms with Gasteiger partial charge in [-0.1, -0.05) is 0 Å². The Labute approximate surface area is 64.3 Å². The summed E-state index contributed by atoms with van der Waals surface area (Å²) in [5.74, 6) is -0.964. The Morgan fingerprint density at radius 1 is 1.73 bits per heavy atom. The first-order chi connectivity index (χ1) is 5.03. The van der Waals surface area contributed by atoms with Crippen LogP contribution in [-0.2, 0) is 4.79 Å². The molecule has 11 heavy (non-hydrogen) atoms. The standard InChI is InChI=1S/C6H11N3O2/c1-6(8-9-6)3-2-4(7)5(10)11/h4H,2-3,7H2,1H3,(H,10,11). The second kappa shape index (κ2) is 2.58. The van der Waals surface area contributed by atoms with Crippen molar-refractivity contribution in [2.75, 3.05) is 0 Å². The Kier molecular flexibility index (Phi) is 1.90. The van der Waals surface area contributed by atoms with E-state index in [1.165, 1.54) is 0 Å². The molecule has 0 aromatic rings. The fourth-order valence-electron chi connectivity index (χ4n) is 0.738. The lowest BCUT2D eigenvalue weighted by Crippen LogP contribution is -2.31. The largest absolute Gasteiger partial charge is 0.480 e. The van der Waals surface area contributed by atoms with Crippen LogP contribution < -0.4 is 5.73 Å². The van der Waals surface area contributed by atoms with Gasteiger partial charge in [0.15, 0.2) is 5.66 Å². The summed E-state index contributed by atoms with van der Waals surface area (Å²) in [6.45, 7) is 1.85. The van der Waals surface area contributed by atoms with Crippen LogP contribution in [0.2, 0.25) is 0 Å². The third-order valence-corrected chi connectivity index (χ3v) is 1.69. The molecule has 3 N–H and O–H groups in total. The van der Waals surface area contributed by atoms with Gasteiger partial charge in [-0.25, -0.2) is 0 Å². The number of carbonyl (C=O) groups is 1. The Hall–Kier alpha value is -0.970. The van der Waals surface area contributed by atoms with Crippen LogP contribution in [0, 0.1) is 0 Å². The number of nitrogens with zero attached hydrogens (tertiary/aromatic N) is 2. The molecule has 1 unspecified atom stereocenters. The first-order valence-corrected chi connectivity index (χ1v) is 3.46. The fourth-order valence-corrected chi connectivity index (χ4v) is 0.738. The third-order valence-electron chi connectivity index (χ3n) is 1.69. The molecule has 0 fully saturated rings. The maximum atomic E-state index is 10.3. The molecule has 0 aromatic heterocycles. The molecule has 0 amide bonds. The summed E-state index contributed by atoms with van der Waals surface area (Å²) in [4.78, 5) is 10.3. The summed E-state index contributed by atoms with van der Waals surface area (Å²) < 4.78 is 0. The number of carboxylic acid groups (broad SMARTS) is 1. The quantitative estimate of drug-likeness (QED) is 0.617. The van der Waals surface area contributed by atoms with Gasteiger partial charge in [-0.15, -0.1) is 0 Å². The van der Waals surface area contributed by atoms with E-state index in [9.17, 15) is 4.79 Å². The third kappa shape index (κ3) is 2.27. The number of rotatable bonds is 4. The zero-order chi connectivity index (χ0) is 8.48. The van der Waals surface area contributed by atoms with Crippen molar-refractivity contribution in [1.29, 1.82) is 0 Å². The average molecular weight is 157 g/mol. The smallest absolute Gasteiger partial charge is 0.320 e. The molecule has 1 rings (SSSR count). The van der Waals surface area contributed by atoms with E-state index in [-0.39, 0.29) is 5.66 Å². The van der Waals surface area contributed by atoms with Crippen LogP contribution in [0.5, 0.6) is 0 Å². The van der Waals surface area contributed by atoms with Gasteiger partial charge >= 0.3 is 5.97 Å². The zero-order valence-electron chi connectivity index (χ0n) is 6.32. The monoisotopic (exact) mass is 157 g/mol. The van der Waals surface area contributed by atoms with Crippen LogP contribution in [-0.4, -0.2) is 22.8 Å². The molecule has 0 aromatic carbocycles. The van der Waals surface area contributed by atoms with E-state index in [0.29, 0.717) is 12.8 Å². The maximum absolute atomic E-state index is 10.3. The Balaban J connectivity index is 2.17. The van der Waals surface area contributed by atoms with Gasteiger partial charge in [0.05, 0.1) is 0 Å². The van der Waals surface area contributed by atoms with Crippen molar-refractivity contribution in [3.8, 4) is 0 Å². The summed E-state index contributed by atoms with van der Waals surface area (Å²) >= 11 is 0. The van der Waals surface area contributed by atoms with Crippen LogP contribution in [0.1, 0.15) is 19.8 Å². The van der Waals surface area contributed by atoms with Gasteiger partial charge in [0.25, 0.3) is 0 Å². The molecule has 0 saturated heterocycles. The molecular formula is C6H11N3O2. The van der Waals surface area contributed by atoms with Crippen molar-refractivity contribution in [3.63, 3.8) is 0 Å². The normalized spacial score (nSPS) is 21.3. The number of aliphatic carboxylic acids is 1. The molecule has 5 heteroatoms. The van der Waals surface area contributed by atoms with Crippen LogP contribution >= 0.6 is 0 Å². The predicted molar refractivity (Wildman–Crippen MR) is 38.1 cm³/mol. The average Bonchev–Trinajstić information content (AvgIpc) is 2.64. The minimum Gasteiger partial charge on any atom is -0.480 e. The van der Waals surface area contributed by atoms with E-state index >= 15 is 0 Å². The van der Waals surface area contributed by atoms with Gasteiger partial charge in [0, 0.05) is 0 Å². The molecular weight excluding hydrogens is 146 g/mol. The summed E-state index contributed by atoms with van der Waals surface area (Å²) in [5.41, 5.74) is 4.94. The lowest BCUT2D eigenvalue weighted by molar-refractivity contribution is -0.138. The Bertz CT molecular complexity index is 196. The molecule has 5 nitrogen and oxygen atoms in total. The van der Waals surface area contributed by atoms with E-state index in [4.69, 9.17) is 10.8 Å². The lowest BCUT2D eigenvalue weighted by Gasteiger charge is -2.06. The summed E-state index contributed by atoms with van der Waals surface area (Å²) in [6.07, 6.45) is 1.05. The van der Waals surface area contributed by atoms with Crippen molar-refractivity contribution >= 4 is 5.97 Å². The van der Waals surface area contributed by atoms with Crippen LogP contribution in [0.3, 0.4) is 0 Å². The summed E-state index contributed by atoms with van der Waals surface area (Å²) in [7, 11) is 0. The summed E-state index contributed by atoms with van der Waals surface area (Å²) in [6, 6.07) is -0.780. The molecule has 0 bridgehead atoms. The van der Waals surface area contributed by atoms with Gasteiger partial charge in [0.1, 0.15) is 6.04 Å². The van der Waals surface area contributed by atoms with Crippen molar-refractivity contribution in [2.24, 2.45) is 16.0 Å². The second-order valence-corrected chi connectivity index (χ2v) is 2.90. The highest BCUT2D eigenvalue weighted by Crippen LogP contribution is 2.32. The van der Waals surface area contributed by atoms with E-state index < -0.39 is 12.0 Å². The van der Waals surface area contributed by atoms with Gasteiger partial charge in [-0.3, -0.25) is 4.79 Å². The van der Waals surface area contributed by atoms with E-state index in [2.05, 4.69) is 10.2 Å². The van der Waals surface area contributed by atoms with E-state index in [1.807, 2.05) is 6.92 Å². The van der Waals surface area contributed by atoms with Gasteiger partial charge in [-0.05, 0) is 19.8 Å². The highest BCUT2D eigenvalue weighted by Gasteiger charge is 2.34. The first-order valence-electron chi connectivity index (χ1n) is 3.46. The molecule has 1 heterocycles. The number of nitrogens with two attached hydrogens (primary N) is 1. The molecule has 0 spiro atoms. The van der Waals surface area contributed by atoms with Crippen molar-refractivity contribution < 1.29 is 9.90 Å². The van der Waals surface area contributed by atoms with Crippen molar-refractivity contribution in [3.05, 3.63) is 0 Å². The van der Waals surface area contributed by atoms with Crippen LogP contribution in [0.15, 0.2) is 10.2 Å². The Morgan fingerprint density at radius 3 is 2.64 bits per heavy atom. The SMILES string of the molecule is CC1(CCC(N)C(=O)O)N=N1. The number of hydrogen-bond donors (Lipinski definition) is 2. The molecule has 0 aliphatic carbocycles. The Morgan fingerprint density at radius 2 is 2.27 bits per heavy atom. The molecule has 62 valence electrons. The van der Waals surface area contributed by atoms with Crippen LogP contribution in [0.25, 0.3) is 0 Å². The molecule has 1 atom stereocenters. The van der Waals surface area contributed by atoms with E-state index in [0.717, 1.165) is 0 Å². The van der Waals surface area contributed by atoms with Gasteiger partial charge in [0.2, 0.25) is 0 Å². The highest BCUT2D eigenvalue weighted by atomic mass is 16.4. The minimum absolute atomic E-state index is 0.326. The molecule has 0 radical (unpaired) electrons. The molecule has 1 aliphatic heterocycles. The maximum Gasteiger partial charge on any atom is 0.320 e. The second-order valence-electron chi connectivity index (χ2n) is 2.90. The fraction of sp³-hybridized carbons (Fsp3) is 0.833. The zero-order valence-corrected chi connectivity index (χ0v) is 6.32. The highest BCUT2D eigenvalue weighted by molar-refractivity contribution is 5.72. The first kappa shape index (κ1) is 8.13. The van der Waals surface area contributed by atoms with Gasteiger partial charge in [-0.2, -0.15) is 10.2 Å². The molecule has 1 aliphatic rings. The lowest BCUT2D eigenvalue weighted by atomic mass is 10.1. The predicted octanol–water partition coefficient (Wildman–Crippen LogP) is 0.361. The van der Waals surface area contributed by atoms with E-state index in [1.54, 1.807) is 0 Å².